The zero-order valence-electron chi connectivity index (χ0n) is 11.4. The average Bonchev–Trinajstić information content (AvgIpc) is 2.55. The molecule has 3 aromatic rings. The van der Waals surface area contributed by atoms with Gasteiger partial charge >= 0.3 is 5.63 Å². The van der Waals surface area contributed by atoms with Crippen LogP contribution in [0.5, 0.6) is 0 Å². The molecule has 2 heterocycles. The van der Waals surface area contributed by atoms with Crippen molar-refractivity contribution in [1.82, 2.24) is 10.4 Å². The Morgan fingerprint density at radius 2 is 2.09 bits per heavy atom. The Morgan fingerprint density at radius 3 is 2.91 bits per heavy atom. The predicted molar refractivity (Wildman–Crippen MR) is 81.8 cm³/mol. The number of rotatable bonds is 3. The number of hydrogen-bond acceptors (Lipinski definition) is 5. The van der Waals surface area contributed by atoms with Gasteiger partial charge in [0.2, 0.25) is 0 Å². The summed E-state index contributed by atoms with van der Waals surface area (Å²) in [5.41, 5.74) is 2.66. The maximum Gasteiger partial charge on any atom is 0.349 e. The van der Waals surface area contributed by atoms with Crippen molar-refractivity contribution in [3.63, 3.8) is 0 Å². The highest BCUT2D eigenvalue weighted by atomic mass is 16.4. The largest absolute Gasteiger partial charge is 0.422 e. The summed E-state index contributed by atoms with van der Waals surface area (Å²) in [7, 11) is 0. The normalized spacial score (nSPS) is 10.9. The van der Waals surface area contributed by atoms with E-state index < -0.39 is 11.5 Å². The Morgan fingerprint density at radius 1 is 1.23 bits per heavy atom. The van der Waals surface area contributed by atoms with Crippen molar-refractivity contribution in [2.24, 2.45) is 5.10 Å². The molecule has 0 atom stereocenters. The summed E-state index contributed by atoms with van der Waals surface area (Å²) in [6, 6.07) is 12.0. The summed E-state index contributed by atoms with van der Waals surface area (Å²) >= 11 is 0. The number of benzene rings is 1. The molecule has 1 N–H and O–H groups in total. The fourth-order valence-corrected chi connectivity index (χ4v) is 1.90. The number of aromatic nitrogens is 1. The van der Waals surface area contributed by atoms with Gasteiger partial charge in [0, 0.05) is 23.3 Å². The van der Waals surface area contributed by atoms with Crippen molar-refractivity contribution >= 4 is 23.1 Å². The van der Waals surface area contributed by atoms with Crippen LogP contribution in [0.2, 0.25) is 0 Å². The lowest BCUT2D eigenvalue weighted by Gasteiger charge is -2.00. The number of pyridine rings is 1. The van der Waals surface area contributed by atoms with Gasteiger partial charge in [0.15, 0.2) is 0 Å². The number of nitrogens with zero attached hydrogens (tertiary/aromatic N) is 2. The fourth-order valence-electron chi connectivity index (χ4n) is 1.90. The molecule has 6 heteroatoms. The first kappa shape index (κ1) is 13.7. The van der Waals surface area contributed by atoms with Gasteiger partial charge in [0.1, 0.15) is 11.1 Å². The van der Waals surface area contributed by atoms with Gasteiger partial charge < -0.3 is 4.42 Å². The second-order valence-corrected chi connectivity index (χ2v) is 4.47. The van der Waals surface area contributed by atoms with Gasteiger partial charge in [-0.3, -0.25) is 9.78 Å². The molecule has 0 saturated carbocycles. The molecule has 22 heavy (non-hydrogen) atoms. The maximum absolute atomic E-state index is 12.0. The van der Waals surface area contributed by atoms with Crippen LogP contribution in [0.4, 0.5) is 0 Å². The monoisotopic (exact) mass is 293 g/mol. The van der Waals surface area contributed by atoms with Gasteiger partial charge in [-0.15, -0.1) is 0 Å². The van der Waals surface area contributed by atoms with Gasteiger partial charge in [0.25, 0.3) is 5.91 Å². The third-order valence-electron chi connectivity index (χ3n) is 2.95. The number of carbonyl (C=O) groups excluding carboxylic acids is 1. The van der Waals surface area contributed by atoms with E-state index in [0.717, 1.165) is 5.56 Å². The average molecular weight is 293 g/mol. The van der Waals surface area contributed by atoms with Crippen LogP contribution < -0.4 is 11.1 Å². The van der Waals surface area contributed by atoms with Crippen LogP contribution in [0.15, 0.2) is 69.2 Å². The molecule has 0 spiro atoms. The highest BCUT2D eigenvalue weighted by Gasteiger charge is 2.12. The van der Waals surface area contributed by atoms with Crippen molar-refractivity contribution < 1.29 is 9.21 Å². The summed E-state index contributed by atoms with van der Waals surface area (Å²) in [6.45, 7) is 0. The molecule has 0 radical (unpaired) electrons. The first-order valence-corrected chi connectivity index (χ1v) is 6.50. The number of hydrogen-bond donors (Lipinski definition) is 1. The Kier molecular flexibility index (Phi) is 3.74. The van der Waals surface area contributed by atoms with Crippen molar-refractivity contribution in [3.8, 4) is 0 Å². The van der Waals surface area contributed by atoms with Crippen molar-refractivity contribution in [2.45, 2.75) is 0 Å². The highest BCUT2D eigenvalue weighted by Crippen LogP contribution is 2.12. The topological polar surface area (TPSA) is 84.6 Å². The van der Waals surface area contributed by atoms with Gasteiger partial charge in [-0.25, -0.2) is 10.2 Å². The standard InChI is InChI=1S/C16H11N3O3/c20-15(19-18-10-11-4-3-7-17-9-11)13-8-12-5-1-2-6-14(12)22-16(13)21/h1-10H,(H,19,20)/b18-10+. The third-order valence-corrected chi connectivity index (χ3v) is 2.95. The van der Waals surface area contributed by atoms with Crippen LogP contribution in [-0.4, -0.2) is 17.1 Å². The Labute approximate surface area is 125 Å². The quantitative estimate of drug-likeness (QED) is 0.454. The van der Waals surface area contributed by atoms with Crippen LogP contribution in [0, 0.1) is 0 Å². The Hall–Kier alpha value is -3.28. The van der Waals surface area contributed by atoms with Gasteiger partial charge in [-0.1, -0.05) is 24.3 Å². The third kappa shape index (κ3) is 2.90. The molecule has 0 fully saturated rings. The second-order valence-electron chi connectivity index (χ2n) is 4.47. The van der Waals surface area contributed by atoms with E-state index in [4.69, 9.17) is 4.42 Å². The summed E-state index contributed by atoms with van der Waals surface area (Å²) in [4.78, 5) is 27.7. The van der Waals surface area contributed by atoms with Crippen LogP contribution >= 0.6 is 0 Å². The molecule has 1 amide bonds. The maximum atomic E-state index is 12.0. The van der Waals surface area contributed by atoms with Crippen LogP contribution in [-0.2, 0) is 0 Å². The van der Waals surface area contributed by atoms with E-state index in [1.54, 1.807) is 48.8 Å². The second kappa shape index (κ2) is 6.01. The molecule has 108 valence electrons. The van der Waals surface area contributed by atoms with Crippen molar-refractivity contribution in [3.05, 3.63) is 76.4 Å². The molecule has 0 unspecified atom stereocenters. The molecule has 3 rings (SSSR count). The molecule has 2 aromatic heterocycles. The van der Waals surface area contributed by atoms with Gasteiger partial charge in [-0.05, 0) is 18.2 Å². The lowest BCUT2D eigenvalue weighted by Crippen LogP contribution is -2.24. The summed E-state index contributed by atoms with van der Waals surface area (Å²) in [6.07, 6.45) is 4.67. The van der Waals surface area contributed by atoms with E-state index in [9.17, 15) is 9.59 Å². The summed E-state index contributed by atoms with van der Waals surface area (Å²) in [5.74, 6) is -0.625. The minimum atomic E-state index is -0.701. The minimum Gasteiger partial charge on any atom is -0.422 e. The zero-order chi connectivity index (χ0) is 15.4. The lowest BCUT2D eigenvalue weighted by atomic mass is 10.2. The minimum absolute atomic E-state index is 0.0953. The van der Waals surface area contributed by atoms with Gasteiger partial charge in [0.05, 0.1) is 6.21 Å². The van der Waals surface area contributed by atoms with Crippen molar-refractivity contribution in [1.29, 1.82) is 0 Å². The first-order valence-electron chi connectivity index (χ1n) is 6.50. The van der Waals surface area contributed by atoms with E-state index in [1.165, 1.54) is 12.3 Å². The number of hydrazone groups is 1. The lowest BCUT2D eigenvalue weighted by molar-refractivity contribution is 0.0951. The van der Waals surface area contributed by atoms with Crippen LogP contribution in [0.3, 0.4) is 0 Å². The van der Waals surface area contributed by atoms with E-state index in [0.29, 0.717) is 11.0 Å². The van der Waals surface area contributed by atoms with Crippen LogP contribution in [0.25, 0.3) is 11.0 Å². The molecule has 0 bridgehead atoms. The Balaban J connectivity index is 1.82. The number of para-hydroxylation sites is 1. The van der Waals surface area contributed by atoms with E-state index in [1.807, 2.05) is 0 Å². The first-order chi connectivity index (χ1) is 10.7. The fraction of sp³-hybridized carbons (Fsp3) is 0. The van der Waals surface area contributed by atoms with Crippen LogP contribution in [0.1, 0.15) is 15.9 Å². The van der Waals surface area contributed by atoms with E-state index in [-0.39, 0.29) is 5.56 Å². The van der Waals surface area contributed by atoms with Gasteiger partial charge in [-0.2, -0.15) is 5.10 Å². The molecule has 0 aliphatic carbocycles. The number of amides is 1. The molecular formula is C16H11N3O3. The smallest absolute Gasteiger partial charge is 0.349 e. The van der Waals surface area contributed by atoms with E-state index in [2.05, 4.69) is 15.5 Å². The number of nitrogens with one attached hydrogen (secondary N) is 1. The predicted octanol–water partition coefficient (Wildman–Crippen LogP) is 1.95. The molecule has 0 aliphatic rings. The van der Waals surface area contributed by atoms with E-state index >= 15 is 0 Å². The molecular weight excluding hydrogens is 282 g/mol. The molecule has 0 saturated heterocycles. The summed E-state index contributed by atoms with van der Waals surface area (Å²) in [5, 5.41) is 4.46. The number of fused-ring (bicyclic) bond motifs is 1. The molecule has 1 aromatic carbocycles. The Bertz CT molecular complexity index is 901. The summed E-state index contributed by atoms with van der Waals surface area (Å²) < 4.78 is 5.10. The number of carbonyl (C=O) groups is 1. The molecule has 0 aliphatic heterocycles. The molecule has 6 nitrogen and oxygen atoms in total. The highest BCUT2D eigenvalue weighted by molar-refractivity contribution is 5.97. The zero-order valence-corrected chi connectivity index (χ0v) is 11.4. The van der Waals surface area contributed by atoms with Crippen molar-refractivity contribution in [2.75, 3.05) is 0 Å². The SMILES string of the molecule is O=C(N/N=C/c1cccnc1)c1cc2ccccc2oc1=O.